The van der Waals surface area contributed by atoms with E-state index in [1.165, 1.54) is 35.2 Å². The summed E-state index contributed by atoms with van der Waals surface area (Å²) in [7, 11) is 2.09. The van der Waals surface area contributed by atoms with Gasteiger partial charge in [-0.05, 0) is 66.7 Å². The van der Waals surface area contributed by atoms with Crippen LogP contribution in [-0.4, -0.2) is 9.36 Å². The normalized spacial score (nSPS) is 27.7. The van der Waals surface area contributed by atoms with Gasteiger partial charge < -0.3 is 0 Å². The van der Waals surface area contributed by atoms with Gasteiger partial charge in [0.25, 0.3) is 5.56 Å². The first-order valence-electron chi connectivity index (χ1n) is 9.88. The number of aromatic nitrogens is 2. The molecule has 26 heavy (non-hydrogen) atoms. The van der Waals surface area contributed by atoms with Gasteiger partial charge >= 0.3 is 0 Å². The fourth-order valence-electron chi connectivity index (χ4n) is 6.07. The minimum Gasteiger partial charge on any atom is -0.284 e. The molecule has 3 nitrogen and oxygen atoms in total. The number of hydrogen-bond acceptors (Lipinski definition) is 1. The van der Waals surface area contributed by atoms with E-state index in [9.17, 15) is 4.79 Å². The quantitative estimate of drug-likeness (QED) is 0.733. The highest BCUT2D eigenvalue weighted by Gasteiger charge is 2.50. The highest BCUT2D eigenvalue weighted by molar-refractivity contribution is 5.68. The number of nitrogens with zero attached hydrogens (tertiary/aromatic N) is 2. The third-order valence-electron chi connectivity index (χ3n) is 7.28. The van der Waals surface area contributed by atoms with E-state index in [1.807, 2.05) is 4.68 Å². The molecule has 2 aromatic rings. The fourth-order valence-corrected chi connectivity index (χ4v) is 6.07. The number of benzene rings is 1. The summed E-state index contributed by atoms with van der Waals surface area (Å²) in [6.45, 7) is 9.11. The van der Waals surface area contributed by atoms with Gasteiger partial charge in [0.05, 0.1) is 5.69 Å². The molecule has 0 unspecified atom stereocenters. The summed E-state index contributed by atoms with van der Waals surface area (Å²) in [5.41, 5.74) is 7.78. The van der Waals surface area contributed by atoms with Gasteiger partial charge in [-0.3, -0.25) is 9.48 Å². The lowest BCUT2D eigenvalue weighted by atomic mass is 9.74. The molecule has 0 spiro atoms. The predicted molar refractivity (Wildman–Crippen MR) is 106 cm³/mol. The topological polar surface area (TPSA) is 26.9 Å². The first-order chi connectivity index (χ1) is 12.2. The minimum absolute atomic E-state index is 0.0302. The van der Waals surface area contributed by atoms with Crippen molar-refractivity contribution in [3.05, 3.63) is 56.5 Å². The molecule has 2 bridgehead atoms. The number of aryl methyl sites for hydroxylation is 1. The second-order valence-electron chi connectivity index (χ2n) is 9.58. The van der Waals surface area contributed by atoms with Gasteiger partial charge in [-0.1, -0.05) is 39.0 Å². The lowest BCUT2D eigenvalue weighted by Crippen LogP contribution is -2.29. The third-order valence-corrected chi connectivity index (χ3v) is 7.28. The zero-order valence-electron chi connectivity index (χ0n) is 16.5. The standard InChI is InChI=1S/C23H28N2O/c1-14-8-9-17(19-16(14)7-6-11-22(19,2)3)25-21(26)18-15-10-12-23(4,13-15)20(18)24(25)5/h6-9,15H,10-13H2,1-5H3/t15-,23+/m0/s1. The zero-order chi connectivity index (χ0) is 18.4. The van der Waals surface area contributed by atoms with Gasteiger partial charge in [0.2, 0.25) is 0 Å². The van der Waals surface area contributed by atoms with Crippen molar-refractivity contribution in [2.75, 3.05) is 0 Å². The first kappa shape index (κ1) is 16.2. The van der Waals surface area contributed by atoms with Crippen molar-refractivity contribution < 1.29 is 0 Å². The van der Waals surface area contributed by atoms with Gasteiger partial charge in [-0.15, -0.1) is 0 Å². The van der Waals surface area contributed by atoms with Crippen molar-refractivity contribution >= 4 is 6.08 Å². The molecule has 1 fully saturated rings. The second-order valence-corrected chi connectivity index (χ2v) is 9.58. The molecule has 1 aromatic carbocycles. The smallest absolute Gasteiger partial charge is 0.275 e. The molecule has 3 heteroatoms. The molecule has 0 N–H and O–H groups in total. The summed E-state index contributed by atoms with van der Waals surface area (Å²) in [5, 5.41) is 0. The van der Waals surface area contributed by atoms with E-state index < -0.39 is 0 Å². The highest BCUT2D eigenvalue weighted by Crippen LogP contribution is 2.56. The van der Waals surface area contributed by atoms with E-state index >= 15 is 0 Å². The summed E-state index contributed by atoms with van der Waals surface area (Å²) in [4.78, 5) is 13.5. The van der Waals surface area contributed by atoms with Crippen LogP contribution < -0.4 is 5.56 Å². The Kier molecular flexibility index (Phi) is 3.00. The van der Waals surface area contributed by atoms with Crippen LogP contribution in [0.3, 0.4) is 0 Å². The summed E-state index contributed by atoms with van der Waals surface area (Å²) in [6, 6.07) is 4.33. The molecule has 5 rings (SSSR count). The average Bonchev–Trinajstić information content (AvgIpc) is 3.18. The molecule has 0 aliphatic heterocycles. The van der Waals surface area contributed by atoms with Crippen LogP contribution in [0.15, 0.2) is 23.0 Å². The van der Waals surface area contributed by atoms with Crippen LogP contribution >= 0.6 is 0 Å². The Balaban J connectivity index is 1.85. The molecule has 136 valence electrons. The Hall–Kier alpha value is -2.03. The van der Waals surface area contributed by atoms with Gasteiger partial charge in [-0.2, -0.15) is 0 Å². The Bertz CT molecular complexity index is 1030. The van der Waals surface area contributed by atoms with Gasteiger partial charge in [0.15, 0.2) is 0 Å². The van der Waals surface area contributed by atoms with Crippen molar-refractivity contribution in [3.8, 4) is 5.69 Å². The molecule has 3 aliphatic carbocycles. The van der Waals surface area contributed by atoms with Crippen LogP contribution in [0.2, 0.25) is 0 Å². The van der Waals surface area contributed by atoms with E-state index in [0.29, 0.717) is 5.92 Å². The van der Waals surface area contributed by atoms with E-state index in [0.717, 1.165) is 24.1 Å². The van der Waals surface area contributed by atoms with Gasteiger partial charge in [0, 0.05) is 23.7 Å². The van der Waals surface area contributed by atoms with Crippen molar-refractivity contribution in [1.82, 2.24) is 9.36 Å². The molecule has 1 saturated carbocycles. The van der Waals surface area contributed by atoms with E-state index in [-0.39, 0.29) is 16.4 Å². The number of hydrogen-bond donors (Lipinski definition) is 0. The zero-order valence-corrected chi connectivity index (χ0v) is 16.5. The van der Waals surface area contributed by atoms with Gasteiger partial charge in [-0.25, -0.2) is 4.68 Å². The largest absolute Gasteiger partial charge is 0.284 e. The van der Waals surface area contributed by atoms with Crippen LogP contribution in [0.1, 0.15) is 80.3 Å². The Morgan fingerprint density at radius 2 is 1.96 bits per heavy atom. The van der Waals surface area contributed by atoms with Crippen LogP contribution in [0, 0.1) is 6.92 Å². The maximum atomic E-state index is 13.5. The lowest BCUT2D eigenvalue weighted by Gasteiger charge is -2.33. The molecular formula is C23H28N2O. The van der Waals surface area contributed by atoms with Crippen molar-refractivity contribution in [2.24, 2.45) is 7.05 Å². The molecule has 1 aromatic heterocycles. The number of rotatable bonds is 1. The van der Waals surface area contributed by atoms with Crippen LogP contribution in [-0.2, 0) is 17.9 Å². The molecule has 0 amide bonds. The monoisotopic (exact) mass is 348 g/mol. The summed E-state index contributed by atoms with van der Waals surface area (Å²) >= 11 is 0. The summed E-state index contributed by atoms with van der Waals surface area (Å²) < 4.78 is 4.15. The maximum absolute atomic E-state index is 13.5. The highest BCUT2D eigenvalue weighted by atomic mass is 16.1. The van der Waals surface area contributed by atoms with Gasteiger partial charge in [0.1, 0.15) is 0 Å². The Morgan fingerprint density at radius 3 is 2.69 bits per heavy atom. The first-order valence-corrected chi connectivity index (χ1v) is 9.88. The average molecular weight is 348 g/mol. The molecular weight excluding hydrogens is 320 g/mol. The lowest BCUT2D eigenvalue weighted by molar-refractivity contribution is 0.444. The predicted octanol–water partition coefficient (Wildman–Crippen LogP) is 4.72. The summed E-state index contributed by atoms with van der Waals surface area (Å²) in [5.74, 6) is 0.462. The van der Waals surface area contributed by atoms with Crippen LogP contribution in [0.25, 0.3) is 11.8 Å². The fraction of sp³-hybridized carbons (Fsp3) is 0.522. The van der Waals surface area contributed by atoms with Crippen LogP contribution in [0.5, 0.6) is 0 Å². The van der Waals surface area contributed by atoms with E-state index in [1.54, 1.807) is 0 Å². The molecule has 1 heterocycles. The Morgan fingerprint density at radius 1 is 1.19 bits per heavy atom. The SMILES string of the molecule is Cc1ccc(-n2c(=O)c3c(n2C)[C@]2(C)CC[C@H]3C2)c2c1C=CCC2(C)C. The molecule has 2 atom stereocenters. The van der Waals surface area contributed by atoms with E-state index in [2.05, 4.69) is 63.7 Å². The van der Waals surface area contributed by atoms with Crippen LogP contribution in [0.4, 0.5) is 0 Å². The Labute approximate surface area is 155 Å². The van der Waals surface area contributed by atoms with Crippen molar-refractivity contribution in [3.63, 3.8) is 0 Å². The second kappa shape index (κ2) is 4.82. The molecule has 0 radical (unpaired) electrons. The maximum Gasteiger partial charge on any atom is 0.275 e. The molecule has 0 saturated heterocycles. The minimum atomic E-state index is 0.0302. The number of allylic oxidation sites excluding steroid dienone is 1. The molecule has 3 aliphatic rings. The third kappa shape index (κ3) is 1.81. The van der Waals surface area contributed by atoms with E-state index in [4.69, 9.17) is 0 Å². The number of fused-ring (bicyclic) bond motifs is 6. The summed E-state index contributed by atoms with van der Waals surface area (Å²) in [6.07, 6.45) is 9.06. The van der Waals surface area contributed by atoms with Crippen molar-refractivity contribution in [2.45, 2.75) is 70.1 Å². The van der Waals surface area contributed by atoms with Crippen molar-refractivity contribution in [1.29, 1.82) is 0 Å².